The molecule has 1 aliphatic heterocycles. The van der Waals surface area contributed by atoms with Crippen molar-refractivity contribution in [2.45, 2.75) is 13.8 Å². The summed E-state index contributed by atoms with van der Waals surface area (Å²) in [6.45, 7) is 5.27. The number of rotatable bonds is 1. The Hall–Kier alpha value is -0.480. The Kier molecular flexibility index (Phi) is 3.92. The van der Waals surface area contributed by atoms with E-state index in [9.17, 15) is 0 Å². The fraction of sp³-hybridized carbons (Fsp3) is 0.417. The summed E-state index contributed by atoms with van der Waals surface area (Å²) in [6.07, 6.45) is 0. The minimum Gasteiger partial charge on any atom is -0.335 e. The van der Waals surface area contributed by atoms with Gasteiger partial charge in [-0.1, -0.05) is 34.6 Å². The largest absolute Gasteiger partial charge is 0.335 e. The molecule has 0 aliphatic carbocycles. The quantitative estimate of drug-likeness (QED) is 0.850. The maximum atomic E-state index is 4.53. The van der Waals surface area contributed by atoms with Crippen molar-refractivity contribution in [3.8, 4) is 0 Å². The molecule has 1 aromatic rings. The van der Waals surface area contributed by atoms with Gasteiger partial charge in [-0.05, 0) is 36.6 Å². The summed E-state index contributed by atoms with van der Waals surface area (Å²) in [6, 6.07) is 6.24. The molecule has 2 nitrogen and oxygen atoms in total. The van der Waals surface area contributed by atoms with E-state index in [4.69, 9.17) is 0 Å². The van der Waals surface area contributed by atoms with Gasteiger partial charge >= 0.3 is 0 Å². The molecule has 1 aromatic carbocycles. The number of hydrogen-bond donors (Lipinski definition) is 1. The lowest BCUT2D eigenvalue weighted by Gasteiger charge is -2.18. The lowest BCUT2D eigenvalue weighted by molar-refractivity contribution is 0.674. The fourth-order valence-corrected chi connectivity index (χ4v) is 2.89. The second kappa shape index (κ2) is 5.23. The van der Waals surface area contributed by atoms with Gasteiger partial charge in [0.05, 0.1) is 0 Å². The lowest BCUT2D eigenvalue weighted by Crippen LogP contribution is -2.19. The summed E-state index contributed by atoms with van der Waals surface area (Å²) in [5, 5.41) is 4.43. The molecule has 86 valence electrons. The number of benzene rings is 1. The van der Waals surface area contributed by atoms with Crippen LogP contribution < -0.4 is 5.32 Å². The summed E-state index contributed by atoms with van der Waals surface area (Å²) in [5.74, 6) is 1.85. The Bertz CT molecular complexity index is 417. The number of nitrogens with one attached hydrogen (secondary N) is 1. The molecule has 1 aliphatic rings. The van der Waals surface area contributed by atoms with Crippen molar-refractivity contribution < 1.29 is 0 Å². The van der Waals surface area contributed by atoms with Gasteiger partial charge in [-0.15, -0.1) is 0 Å². The van der Waals surface area contributed by atoms with Crippen molar-refractivity contribution in [2.75, 3.05) is 17.6 Å². The minimum atomic E-state index is 0.696. The fourth-order valence-electron chi connectivity index (χ4n) is 1.52. The number of anilines is 1. The topological polar surface area (TPSA) is 24.4 Å². The maximum Gasteiger partial charge on any atom is 0.161 e. The van der Waals surface area contributed by atoms with Gasteiger partial charge in [0.15, 0.2) is 5.17 Å². The van der Waals surface area contributed by atoms with E-state index in [1.807, 2.05) is 6.07 Å². The van der Waals surface area contributed by atoms with Crippen LogP contribution in [-0.2, 0) is 0 Å². The van der Waals surface area contributed by atoms with E-state index >= 15 is 0 Å². The van der Waals surface area contributed by atoms with Crippen LogP contribution >= 0.6 is 27.7 Å². The van der Waals surface area contributed by atoms with E-state index in [2.05, 4.69) is 52.2 Å². The molecule has 1 unspecified atom stereocenters. The SMILES string of the molecule is Cc1cc(Br)ccc1NC1=NCC(C)CS1. The molecule has 16 heavy (non-hydrogen) atoms. The summed E-state index contributed by atoms with van der Waals surface area (Å²) >= 11 is 5.27. The average Bonchev–Trinajstić information content (AvgIpc) is 2.25. The third-order valence-electron chi connectivity index (χ3n) is 2.48. The van der Waals surface area contributed by atoms with Crippen molar-refractivity contribution in [3.05, 3.63) is 28.2 Å². The summed E-state index contributed by atoms with van der Waals surface area (Å²) < 4.78 is 1.11. The van der Waals surface area contributed by atoms with Gasteiger partial charge < -0.3 is 5.32 Å². The first kappa shape index (κ1) is 12.0. The number of amidine groups is 1. The van der Waals surface area contributed by atoms with E-state index in [0.717, 1.165) is 27.6 Å². The normalized spacial score (nSPS) is 20.4. The molecular formula is C12H15BrN2S. The monoisotopic (exact) mass is 298 g/mol. The Labute approximate surface area is 109 Å². The molecule has 2 rings (SSSR count). The molecule has 0 bridgehead atoms. The standard InChI is InChI=1S/C12H15BrN2S/c1-8-6-14-12(16-7-8)15-11-4-3-10(13)5-9(11)2/h3-5,8H,6-7H2,1-2H3,(H,14,15). The first-order chi connectivity index (χ1) is 7.65. The molecular weight excluding hydrogens is 284 g/mol. The van der Waals surface area contributed by atoms with Crippen LogP contribution in [0.4, 0.5) is 5.69 Å². The van der Waals surface area contributed by atoms with Crippen LogP contribution in [-0.4, -0.2) is 17.5 Å². The molecule has 0 amide bonds. The number of hydrogen-bond acceptors (Lipinski definition) is 3. The highest BCUT2D eigenvalue weighted by Gasteiger charge is 2.12. The predicted molar refractivity (Wildman–Crippen MR) is 76.4 cm³/mol. The van der Waals surface area contributed by atoms with Crippen LogP contribution in [0.5, 0.6) is 0 Å². The first-order valence-corrected chi connectivity index (χ1v) is 7.13. The molecule has 0 saturated heterocycles. The number of nitrogens with zero attached hydrogens (tertiary/aromatic N) is 1. The van der Waals surface area contributed by atoms with Gasteiger partial charge in [0.25, 0.3) is 0 Å². The summed E-state index contributed by atoms with van der Waals surface area (Å²) in [7, 11) is 0. The average molecular weight is 299 g/mol. The first-order valence-electron chi connectivity index (χ1n) is 5.35. The van der Waals surface area contributed by atoms with E-state index < -0.39 is 0 Å². The molecule has 0 radical (unpaired) electrons. The zero-order valence-corrected chi connectivity index (χ0v) is 11.9. The summed E-state index contributed by atoms with van der Waals surface area (Å²) in [4.78, 5) is 4.53. The van der Waals surface area contributed by atoms with Crippen LogP contribution in [0.25, 0.3) is 0 Å². The van der Waals surface area contributed by atoms with E-state index in [1.54, 1.807) is 11.8 Å². The number of halogens is 1. The van der Waals surface area contributed by atoms with Crippen LogP contribution in [0, 0.1) is 12.8 Å². The second-order valence-electron chi connectivity index (χ2n) is 4.15. The smallest absolute Gasteiger partial charge is 0.161 e. The Morgan fingerprint density at radius 2 is 2.31 bits per heavy atom. The van der Waals surface area contributed by atoms with Gasteiger partial charge in [-0.2, -0.15) is 0 Å². The van der Waals surface area contributed by atoms with Crippen LogP contribution in [0.3, 0.4) is 0 Å². The minimum absolute atomic E-state index is 0.696. The maximum absolute atomic E-state index is 4.53. The highest BCUT2D eigenvalue weighted by molar-refractivity contribution is 9.10. The van der Waals surface area contributed by atoms with Gasteiger partial charge in [0.2, 0.25) is 0 Å². The molecule has 0 aromatic heterocycles. The van der Waals surface area contributed by atoms with Gasteiger partial charge in [0.1, 0.15) is 0 Å². The van der Waals surface area contributed by atoms with E-state index in [0.29, 0.717) is 5.92 Å². The number of thioether (sulfide) groups is 1. The molecule has 0 fully saturated rings. The summed E-state index contributed by atoms with van der Waals surface area (Å²) in [5.41, 5.74) is 2.38. The zero-order valence-electron chi connectivity index (χ0n) is 9.46. The van der Waals surface area contributed by atoms with E-state index in [1.165, 1.54) is 5.56 Å². The highest BCUT2D eigenvalue weighted by atomic mass is 79.9. The van der Waals surface area contributed by atoms with E-state index in [-0.39, 0.29) is 0 Å². The van der Waals surface area contributed by atoms with Crippen LogP contribution in [0.1, 0.15) is 12.5 Å². The Morgan fingerprint density at radius 3 is 2.94 bits per heavy atom. The van der Waals surface area contributed by atoms with Gasteiger partial charge in [-0.25, -0.2) is 0 Å². The van der Waals surface area contributed by atoms with Gasteiger partial charge in [-0.3, -0.25) is 4.99 Å². The second-order valence-corrected chi connectivity index (χ2v) is 6.07. The van der Waals surface area contributed by atoms with Crippen LogP contribution in [0.2, 0.25) is 0 Å². The van der Waals surface area contributed by atoms with Crippen molar-refractivity contribution >= 4 is 38.5 Å². The van der Waals surface area contributed by atoms with Crippen molar-refractivity contribution in [1.82, 2.24) is 0 Å². The Morgan fingerprint density at radius 1 is 1.50 bits per heavy atom. The van der Waals surface area contributed by atoms with Crippen molar-refractivity contribution in [3.63, 3.8) is 0 Å². The molecule has 0 saturated carbocycles. The highest BCUT2D eigenvalue weighted by Crippen LogP contribution is 2.23. The zero-order chi connectivity index (χ0) is 11.5. The van der Waals surface area contributed by atoms with Crippen molar-refractivity contribution in [2.24, 2.45) is 10.9 Å². The molecule has 1 N–H and O–H groups in total. The molecule has 0 spiro atoms. The molecule has 1 atom stereocenters. The third-order valence-corrected chi connectivity index (χ3v) is 4.21. The third kappa shape index (κ3) is 3.01. The Balaban J connectivity index is 2.09. The lowest BCUT2D eigenvalue weighted by atomic mass is 10.2. The molecule has 4 heteroatoms. The molecule has 1 heterocycles. The van der Waals surface area contributed by atoms with Crippen LogP contribution in [0.15, 0.2) is 27.7 Å². The predicted octanol–water partition coefficient (Wildman–Crippen LogP) is 3.91. The number of aliphatic imine (C=N–C) groups is 1. The number of aryl methyl sites for hydroxylation is 1. The van der Waals surface area contributed by atoms with Gasteiger partial charge in [0, 0.05) is 22.5 Å². The van der Waals surface area contributed by atoms with Crippen molar-refractivity contribution in [1.29, 1.82) is 0 Å².